The second-order valence-electron chi connectivity index (χ2n) is 5.10. The zero-order valence-electron chi connectivity index (χ0n) is 11.7. The van der Waals surface area contributed by atoms with Gasteiger partial charge in [0.2, 0.25) is 5.91 Å². The van der Waals surface area contributed by atoms with Crippen LogP contribution in [0.2, 0.25) is 0 Å². The number of nitro benzene ring substituents is 1. The summed E-state index contributed by atoms with van der Waals surface area (Å²) in [6, 6.07) is 4.80. The standard InChI is InChI=1S/C13H18BrN3O3/c1-13(2,12(18)15-3)8-16-7-9-6-10(14)4-5-11(9)17(19)20/h4-6,16H,7-8H2,1-3H3,(H,15,18). The summed E-state index contributed by atoms with van der Waals surface area (Å²) in [7, 11) is 1.59. The van der Waals surface area contributed by atoms with Gasteiger partial charge in [-0.3, -0.25) is 14.9 Å². The van der Waals surface area contributed by atoms with Crippen molar-refractivity contribution in [2.45, 2.75) is 20.4 Å². The maximum Gasteiger partial charge on any atom is 0.273 e. The van der Waals surface area contributed by atoms with E-state index in [1.165, 1.54) is 6.07 Å². The number of hydrogen-bond donors (Lipinski definition) is 2. The van der Waals surface area contributed by atoms with Gasteiger partial charge in [-0.2, -0.15) is 0 Å². The Bertz CT molecular complexity index is 518. The quantitative estimate of drug-likeness (QED) is 0.612. The van der Waals surface area contributed by atoms with Gasteiger partial charge < -0.3 is 10.6 Å². The van der Waals surface area contributed by atoms with E-state index in [9.17, 15) is 14.9 Å². The molecule has 1 rings (SSSR count). The molecule has 0 fully saturated rings. The topological polar surface area (TPSA) is 84.3 Å². The molecule has 0 atom stereocenters. The van der Waals surface area contributed by atoms with E-state index in [-0.39, 0.29) is 11.6 Å². The van der Waals surface area contributed by atoms with Crippen molar-refractivity contribution in [3.8, 4) is 0 Å². The van der Waals surface area contributed by atoms with Crippen molar-refractivity contribution in [1.82, 2.24) is 10.6 Å². The second kappa shape index (κ2) is 6.81. The average molecular weight is 344 g/mol. The van der Waals surface area contributed by atoms with Gasteiger partial charge in [0.15, 0.2) is 0 Å². The van der Waals surface area contributed by atoms with Crippen molar-refractivity contribution in [3.63, 3.8) is 0 Å². The monoisotopic (exact) mass is 343 g/mol. The number of nitro groups is 1. The predicted molar refractivity (Wildman–Crippen MR) is 80.4 cm³/mol. The molecule has 0 radical (unpaired) electrons. The summed E-state index contributed by atoms with van der Waals surface area (Å²) >= 11 is 3.30. The van der Waals surface area contributed by atoms with Gasteiger partial charge in [0.05, 0.1) is 10.3 Å². The highest BCUT2D eigenvalue weighted by atomic mass is 79.9. The van der Waals surface area contributed by atoms with E-state index in [1.54, 1.807) is 19.2 Å². The fourth-order valence-corrected chi connectivity index (χ4v) is 2.21. The normalized spacial score (nSPS) is 11.2. The Labute approximate surface area is 126 Å². The first-order valence-electron chi connectivity index (χ1n) is 6.13. The number of amides is 1. The van der Waals surface area contributed by atoms with Gasteiger partial charge in [0.1, 0.15) is 0 Å². The zero-order valence-corrected chi connectivity index (χ0v) is 13.3. The molecule has 0 saturated carbocycles. The van der Waals surface area contributed by atoms with Crippen LogP contribution in [-0.4, -0.2) is 24.4 Å². The fourth-order valence-electron chi connectivity index (χ4n) is 1.80. The Morgan fingerprint density at radius 3 is 2.65 bits per heavy atom. The lowest BCUT2D eigenvalue weighted by Gasteiger charge is -2.22. The zero-order chi connectivity index (χ0) is 15.3. The molecular weight excluding hydrogens is 326 g/mol. The number of hydrogen-bond acceptors (Lipinski definition) is 4. The third-order valence-electron chi connectivity index (χ3n) is 2.96. The third-order valence-corrected chi connectivity index (χ3v) is 3.46. The van der Waals surface area contributed by atoms with Crippen molar-refractivity contribution in [1.29, 1.82) is 0 Å². The minimum atomic E-state index is -0.574. The Morgan fingerprint density at radius 1 is 1.45 bits per heavy atom. The van der Waals surface area contributed by atoms with Crippen molar-refractivity contribution in [2.75, 3.05) is 13.6 Å². The van der Waals surface area contributed by atoms with Crippen molar-refractivity contribution >= 4 is 27.5 Å². The summed E-state index contributed by atoms with van der Waals surface area (Å²) in [5.74, 6) is -0.0752. The molecule has 0 aliphatic rings. The van der Waals surface area contributed by atoms with Crippen LogP contribution in [0, 0.1) is 15.5 Å². The van der Waals surface area contributed by atoms with E-state index < -0.39 is 10.3 Å². The maximum atomic E-state index is 11.6. The van der Waals surface area contributed by atoms with Gasteiger partial charge in [-0.1, -0.05) is 15.9 Å². The minimum Gasteiger partial charge on any atom is -0.359 e. The molecule has 0 bridgehead atoms. The molecule has 1 aromatic rings. The van der Waals surface area contributed by atoms with Gasteiger partial charge >= 0.3 is 0 Å². The first-order chi connectivity index (χ1) is 9.27. The van der Waals surface area contributed by atoms with Crippen LogP contribution in [0.5, 0.6) is 0 Å². The molecule has 0 aliphatic carbocycles. The molecule has 20 heavy (non-hydrogen) atoms. The first kappa shape index (κ1) is 16.6. The third kappa shape index (κ3) is 4.28. The van der Waals surface area contributed by atoms with Crippen LogP contribution < -0.4 is 10.6 Å². The van der Waals surface area contributed by atoms with E-state index in [0.717, 1.165) is 4.47 Å². The predicted octanol–water partition coefficient (Wildman–Crippen LogP) is 2.22. The highest BCUT2D eigenvalue weighted by molar-refractivity contribution is 9.10. The summed E-state index contributed by atoms with van der Waals surface area (Å²) in [6.45, 7) is 4.38. The van der Waals surface area contributed by atoms with Gasteiger partial charge in [0, 0.05) is 36.2 Å². The Kier molecular flexibility index (Phi) is 5.64. The van der Waals surface area contributed by atoms with Gasteiger partial charge in [-0.25, -0.2) is 0 Å². The molecule has 0 heterocycles. The SMILES string of the molecule is CNC(=O)C(C)(C)CNCc1cc(Br)ccc1[N+](=O)[O-]. The molecule has 0 unspecified atom stereocenters. The molecule has 0 spiro atoms. The van der Waals surface area contributed by atoms with Crippen LogP contribution in [-0.2, 0) is 11.3 Å². The number of nitrogens with zero attached hydrogens (tertiary/aromatic N) is 1. The van der Waals surface area contributed by atoms with Gasteiger partial charge in [0.25, 0.3) is 5.69 Å². The highest BCUT2D eigenvalue weighted by Crippen LogP contribution is 2.23. The molecule has 7 heteroatoms. The maximum absolute atomic E-state index is 11.6. The van der Waals surface area contributed by atoms with E-state index >= 15 is 0 Å². The van der Waals surface area contributed by atoms with Crippen LogP contribution in [0.25, 0.3) is 0 Å². The summed E-state index contributed by atoms with van der Waals surface area (Å²) in [6.07, 6.45) is 0. The van der Waals surface area contributed by atoms with Crippen molar-refractivity contribution in [3.05, 3.63) is 38.3 Å². The second-order valence-corrected chi connectivity index (χ2v) is 6.01. The largest absolute Gasteiger partial charge is 0.359 e. The summed E-state index contributed by atoms with van der Waals surface area (Å²) in [5.41, 5.74) is 0.0748. The van der Waals surface area contributed by atoms with Crippen molar-refractivity contribution < 1.29 is 9.72 Å². The van der Waals surface area contributed by atoms with Crippen LogP contribution in [0.3, 0.4) is 0 Å². The summed E-state index contributed by atoms with van der Waals surface area (Å²) in [5, 5.41) is 16.6. The lowest BCUT2D eigenvalue weighted by Crippen LogP contribution is -2.41. The van der Waals surface area contributed by atoms with E-state index in [2.05, 4.69) is 26.6 Å². The number of carbonyl (C=O) groups excluding carboxylic acids is 1. The van der Waals surface area contributed by atoms with Crippen LogP contribution in [0.4, 0.5) is 5.69 Å². The smallest absolute Gasteiger partial charge is 0.273 e. The molecule has 0 aliphatic heterocycles. The molecule has 2 N–H and O–H groups in total. The van der Waals surface area contributed by atoms with Crippen LogP contribution >= 0.6 is 15.9 Å². The Morgan fingerprint density at radius 2 is 2.10 bits per heavy atom. The van der Waals surface area contributed by atoms with E-state index in [1.807, 2.05) is 13.8 Å². The molecule has 6 nitrogen and oxygen atoms in total. The van der Waals surface area contributed by atoms with Crippen LogP contribution in [0.1, 0.15) is 19.4 Å². The highest BCUT2D eigenvalue weighted by Gasteiger charge is 2.26. The number of carbonyl (C=O) groups is 1. The Hall–Kier alpha value is -1.47. The van der Waals surface area contributed by atoms with Crippen molar-refractivity contribution in [2.24, 2.45) is 5.41 Å². The summed E-state index contributed by atoms with van der Waals surface area (Å²) < 4.78 is 0.783. The average Bonchev–Trinajstić information content (AvgIpc) is 2.37. The fraction of sp³-hybridized carbons (Fsp3) is 0.462. The molecule has 1 amide bonds. The Balaban J connectivity index is 2.73. The molecule has 110 valence electrons. The number of halogens is 1. The van der Waals surface area contributed by atoms with E-state index in [0.29, 0.717) is 18.7 Å². The number of rotatable bonds is 6. The first-order valence-corrected chi connectivity index (χ1v) is 6.93. The lowest BCUT2D eigenvalue weighted by atomic mass is 9.92. The number of nitrogens with one attached hydrogen (secondary N) is 2. The molecular formula is C13H18BrN3O3. The van der Waals surface area contributed by atoms with Gasteiger partial charge in [-0.05, 0) is 26.0 Å². The molecule has 0 aromatic heterocycles. The van der Waals surface area contributed by atoms with E-state index in [4.69, 9.17) is 0 Å². The molecule has 1 aromatic carbocycles. The van der Waals surface area contributed by atoms with Crippen LogP contribution in [0.15, 0.2) is 22.7 Å². The number of benzene rings is 1. The summed E-state index contributed by atoms with van der Waals surface area (Å²) in [4.78, 5) is 22.2. The molecule has 0 saturated heterocycles. The minimum absolute atomic E-state index is 0.0680. The lowest BCUT2D eigenvalue weighted by molar-refractivity contribution is -0.385. The van der Waals surface area contributed by atoms with Gasteiger partial charge in [-0.15, -0.1) is 0 Å².